The van der Waals surface area contributed by atoms with E-state index in [0.29, 0.717) is 11.8 Å². The molecule has 0 aliphatic heterocycles. The Balaban J connectivity index is 1.19. The SMILES string of the molecule is CCCCC/C=C\C/C=C\CCCCCCCC(=O)OC1CCC[C@H]2CC[C@H]3[C@@H]4CC[C@H]([C@H](C)CCCC(C)C)[C@@]4(C)CC[C@@H]3[C@@]12C. The number of rotatable bonds is 20. The lowest BCUT2D eigenvalue weighted by Crippen LogP contribution is -2.58. The molecule has 0 heterocycles. The Morgan fingerprint density at radius 2 is 1.47 bits per heavy atom. The topological polar surface area (TPSA) is 26.3 Å². The van der Waals surface area contributed by atoms with Crippen LogP contribution in [-0.4, -0.2) is 12.1 Å². The van der Waals surface area contributed by atoms with Crippen molar-refractivity contribution >= 4 is 5.97 Å². The second-order valence-electron chi connectivity index (χ2n) is 17.9. The molecule has 4 fully saturated rings. The number of ether oxygens (including phenoxy) is 1. The summed E-state index contributed by atoms with van der Waals surface area (Å²) in [4.78, 5) is 13.3. The highest BCUT2D eigenvalue weighted by Crippen LogP contribution is 2.68. The summed E-state index contributed by atoms with van der Waals surface area (Å²) < 4.78 is 6.54. The van der Waals surface area contributed by atoms with Crippen LogP contribution in [0.3, 0.4) is 0 Å². The highest BCUT2D eigenvalue weighted by molar-refractivity contribution is 5.69. The molecule has 47 heavy (non-hydrogen) atoms. The predicted molar refractivity (Wildman–Crippen MR) is 202 cm³/mol. The Morgan fingerprint density at radius 1 is 0.745 bits per heavy atom. The van der Waals surface area contributed by atoms with Crippen molar-refractivity contribution in [2.24, 2.45) is 52.3 Å². The average molecular weight is 651 g/mol. The monoisotopic (exact) mass is 651 g/mol. The largest absolute Gasteiger partial charge is 0.462 e. The first kappa shape index (κ1) is 38.7. The van der Waals surface area contributed by atoms with E-state index in [9.17, 15) is 4.79 Å². The van der Waals surface area contributed by atoms with Crippen LogP contribution < -0.4 is 0 Å². The zero-order valence-electron chi connectivity index (χ0n) is 32.2. The minimum absolute atomic E-state index is 0.0986. The molecule has 4 aliphatic carbocycles. The fraction of sp³-hybridized carbons (Fsp3) is 0.889. The van der Waals surface area contributed by atoms with Gasteiger partial charge in [-0.15, -0.1) is 0 Å². The van der Waals surface area contributed by atoms with Crippen LogP contribution in [0, 0.1) is 52.3 Å². The van der Waals surface area contributed by atoms with Gasteiger partial charge in [0.05, 0.1) is 0 Å². The molecule has 2 heteroatoms. The number of fused-ring (bicyclic) bond motifs is 5. The van der Waals surface area contributed by atoms with Gasteiger partial charge in [0.2, 0.25) is 0 Å². The highest BCUT2D eigenvalue weighted by Gasteiger charge is 2.62. The number of hydrogen-bond donors (Lipinski definition) is 0. The van der Waals surface area contributed by atoms with Crippen molar-refractivity contribution in [3.05, 3.63) is 24.3 Å². The maximum atomic E-state index is 13.3. The molecule has 0 bridgehead atoms. The molecule has 1 unspecified atom stereocenters. The van der Waals surface area contributed by atoms with Crippen LogP contribution in [0.25, 0.3) is 0 Å². The van der Waals surface area contributed by atoms with E-state index >= 15 is 0 Å². The molecule has 0 spiro atoms. The summed E-state index contributed by atoms with van der Waals surface area (Å²) in [5.41, 5.74) is 0.723. The molecule has 9 atom stereocenters. The molecule has 4 aliphatic rings. The molecule has 0 aromatic rings. The van der Waals surface area contributed by atoms with E-state index in [0.717, 1.165) is 67.1 Å². The number of hydrogen-bond acceptors (Lipinski definition) is 2. The predicted octanol–water partition coefficient (Wildman–Crippen LogP) is 13.8. The lowest BCUT2D eigenvalue weighted by Gasteiger charge is -2.62. The zero-order chi connectivity index (χ0) is 33.7. The van der Waals surface area contributed by atoms with Crippen molar-refractivity contribution in [3.63, 3.8) is 0 Å². The van der Waals surface area contributed by atoms with E-state index in [1.807, 2.05) is 0 Å². The van der Waals surface area contributed by atoms with Gasteiger partial charge >= 0.3 is 5.97 Å². The maximum Gasteiger partial charge on any atom is 0.306 e. The lowest BCUT2D eigenvalue weighted by molar-refractivity contribution is -0.192. The molecular formula is C45H78O2. The minimum Gasteiger partial charge on any atom is -0.462 e. The van der Waals surface area contributed by atoms with Gasteiger partial charge in [-0.2, -0.15) is 0 Å². The van der Waals surface area contributed by atoms with E-state index in [1.54, 1.807) is 0 Å². The van der Waals surface area contributed by atoms with Crippen LogP contribution in [0.2, 0.25) is 0 Å². The highest BCUT2D eigenvalue weighted by atomic mass is 16.5. The van der Waals surface area contributed by atoms with Gasteiger partial charge in [-0.3, -0.25) is 4.79 Å². The average Bonchev–Trinajstić information content (AvgIpc) is 3.40. The summed E-state index contributed by atoms with van der Waals surface area (Å²) in [6, 6.07) is 0. The Hall–Kier alpha value is -1.05. The Bertz CT molecular complexity index is 963. The van der Waals surface area contributed by atoms with Crippen molar-refractivity contribution < 1.29 is 9.53 Å². The van der Waals surface area contributed by atoms with Gasteiger partial charge in [0.25, 0.3) is 0 Å². The summed E-state index contributed by atoms with van der Waals surface area (Å²) in [5.74, 6) is 5.96. The number of esters is 1. The summed E-state index contributed by atoms with van der Waals surface area (Å²) in [7, 11) is 0. The number of unbranched alkanes of at least 4 members (excludes halogenated alkanes) is 8. The molecule has 2 nitrogen and oxygen atoms in total. The van der Waals surface area contributed by atoms with Crippen LogP contribution in [0.1, 0.15) is 196 Å². The molecule has 0 amide bonds. The smallest absolute Gasteiger partial charge is 0.306 e. The van der Waals surface area contributed by atoms with Crippen LogP contribution in [0.4, 0.5) is 0 Å². The molecule has 4 rings (SSSR count). The lowest BCUT2D eigenvalue weighted by atomic mass is 9.44. The molecular weight excluding hydrogens is 572 g/mol. The zero-order valence-corrected chi connectivity index (χ0v) is 32.2. The van der Waals surface area contributed by atoms with Gasteiger partial charge in [0.1, 0.15) is 6.10 Å². The second kappa shape index (κ2) is 19.4. The second-order valence-corrected chi connectivity index (χ2v) is 17.9. The fourth-order valence-corrected chi connectivity index (χ4v) is 11.8. The first-order valence-electron chi connectivity index (χ1n) is 21.2. The van der Waals surface area contributed by atoms with Gasteiger partial charge in [-0.25, -0.2) is 0 Å². The summed E-state index contributed by atoms with van der Waals surface area (Å²) in [5, 5.41) is 0. The quantitative estimate of drug-likeness (QED) is 0.0744. The third-order valence-electron chi connectivity index (χ3n) is 14.5. The van der Waals surface area contributed by atoms with E-state index in [1.165, 1.54) is 122 Å². The summed E-state index contributed by atoms with van der Waals surface area (Å²) in [6.07, 6.45) is 39.9. The van der Waals surface area contributed by atoms with Crippen molar-refractivity contribution in [2.45, 2.75) is 202 Å². The van der Waals surface area contributed by atoms with E-state index < -0.39 is 0 Å². The standard InChI is InChI=1S/C45H78O2/c1-7-8-9-10-11-12-13-14-15-16-17-18-19-20-21-28-43(46)47-42-27-23-26-37-29-30-38-40-32-31-39(36(4)25-22-24-35(2)3)44(40,5)34-33-41(38)45(37,42)6/h11-12,14-15,35-42H,7-10,13,16-34H2,1-6H3/b12-11-,15-14-/t36-,37+,38+,39-,40+,41+,42?,44-,45+/m1/s1. The Kier molecular flexibility index (Phi) is 16.0. The molecule has 0 aromatic heterocycles. The van der Waals surface area contributed by atoms with E-state index in [-0.39, 0.29) is 17.5 Å². The van der Waals surface area contributed by atoms with Gasteiger partial charge < -0.3 is 4.74 Å². The van der Waals surface area contributed by atoms with Crippen LogP contribution >= 0.6 is 0 Å². The summed E-state index contributed by atoms with van der Waals surface area (Å²) in [6.45, 7) is 14.9. The van der Waals surface area contributed by atoms with E-state index in [4.69, 9.17) is 4.74 Å². The van der Waals surface area contributed by atoms with E-state index in [2.05, 4.69) is 65.8 Å². The van der Waals surface area contributed by atoms with Crippen LogP contribution in [0.5, 0.6) is 0 Å². The Labute approximate surface area is 293 Å². The van der Waals surface area contributed by atoms with Gasteiger partial charge in [0, 0.05) is 11.8 Å². The number of carbonyl (C=O) groups is 1. The molecule has 4 saturated carbocycles. The normalized spacial score (nSPS) is 34.4. The maximum absolute atomic E-state index is 13.3. The third-order valence-corrected chi connectivity index (χ3v) is 14.5. The molecule has 0 N–H and O–H groups in total. The van der Waals surface area contributed by atoms with Crippen molar-refractivity contribution in [1.29, 1.82) is 0 Å². The fourth-order valence-electron chi connectivity index (χ4n) is 11.8. The first-order valence-corrected chi connectivity index (χ1v) is 21.2. The van der Waals surface area contributed by atoms with Crippen molar-refractivity contribution in [3.8, 4) is 0 Å². The van der Waals surface area contributed by atoms with Gasteiger partial charge in [0.15, 0.2) is 0 Å². The first-order chi connectivity index (χ1) is 22.7. The van der Waals surface area contributed by atoms with Crippen LogP contribution in [-0.2, 0) is 9.53 Å². The number of carbonyl (C=O) groups excluding carboxylic acids is 1. The van der Waals surface area contributed by atoms with Gasteiger partial charge in [-0.1, -0.05) is 117 Å². The van der Waals surface area contributed by atoms with Crippen LogP contribution in [0.15, 0.2) is 24.3 Å². The number of allylic oxidation sites excluding steroid dienone is 4. The summed E-state index contributed by atoms with van der Waals surface area (Å²) >= 11 is 0. The van der Waals surface area contributed by atoms with Crippen molar-refractivity contribution in [2.75, 3.05) is 0 Å². The van der Waals surface area contributed by atoms with Gasteiger partial charge in [-0.05, 0) is 143 Å². The molecule has 0 aromatic carbocycles. The molecule has 0 saturated heterocycles. The molecule has 0 radical (unpaired) electrons. The van der Waals surface area contributed by atoms with Crippen molar-refractivity contribution in [1.82, 2.24) is 0 Å². The third kappa shape index (κ3) is 10.2. The minimum atomic E-state index is 0.0986. The molecule has 270 valence electrons. The Morgan fingerprint density at radius 3 is 2.21 bits per heavy atom.